The first kappa shape index (κ1) is 14.6. The zero-order valence-electron chi connectivity index (χ0n) is 10.2. The van der Waals surface area contributed by atoms with Gasteiger partial charge in [-0.3, -0.25) is 4.79 Å². The van der Waals surface area contributed by atoms with Gasteiger partial charge in [-0.2, -0.15) is 0 Å². The third-order valence-electron chi connectivity index (χ3n) is 2.28. The molecule has 0 rings (SSSR count). The Labute approximate surface area is 93.3 Å². The summed E-state index contributed by atoms with van der Waals surface area (Å²) in [5.41, 5.74) is 0. The zero-order chi connectivity index (χ0) is 11.7. The van der Waals surface area contributed by atoms with Crippen molar-refractivity contribution in [3.05, 3.63) is 0 Å². The van der Waals surface area contributed by atoms with E-state index in [0.717, 1.165) is 25.7 Å². The maximum Gasteiger partial charge on any atom is 0.564 e. The van der Waals surface area contributed by atoms with Gasteiger partial charge in [-0.25, -0.2) is 0 Å². The molecule has 0 fully saturated rings. The first-order valence-corrected chi connectivity index (χ1v) is 7.62. The SMILES string of the molecule is CCCCCCC(=O)O[Si](C)(OC)OC. The fraction of sp³-hybridized carbons (Fsp3) is 0.900. The zero-order valence-corrected chi connectivity index (χ0v) is 11.2. The second-order valence-electron chi connectivity index (χ2n) is 3.56. The van der Waals surface area contributed by atoms with Gasteiger partial charge in [0.15, 0.2) is 0 Å². The molecule has 0 aliphatic carbocycles. The van der Waals surface area contributed by atoms with Gasteiger partial charge < -0.3 is 13.3 Å². The van der Waals surface area contributed by atoms with Gasteiger partial charge in [0.25, 0.3) is 5.97 Å². The molecule has 0 radical (unpaired) electrons. The standard InChI is InChI=1S/C10H22O4Si/c1-5-6-7-8-9-10(11)14-15(4,12-2)13-3/h5-9H2,1-4H3. The Bertz CT molecular complexity index is 180. The van der Waals surface area contributed by atoms with Gasteiger partial charge in [-0.05, 0) is 6.42 Å². The summed E-state index contributed by atoms with van der Waals surface area (Å²) in [6, 6.07) is 0. The molecule has 0 aliphatic rings. The van der Waals surface area contributed by atoms with Gasteiger partial charge in [0, 0.05) is 27.2 Å². The third-order valence-corrected chi connectivity index (χ3v) is 4.36. The molecule has 0 aromatic rings. The van der Waals surface area contributed by atoms with E-state index in [1.54, 1.807) is 6.55 Å². The van der Waals surface area contributed by atoms with Gasteiger partial charge >= 0.3 is 8.80 Å². The summed E-state index contributed by atoms with van der Waals surface area (Å²) in [5, 5.41) is 0. The first-order valence-electron chi connectivity index (χ1n) is 5.40. The van der Waals surface area contributed by atoms with Crippen molar-refractivity contribution in [3.8, 4) is 0 Å². The van der Waals surface area contributed by atoms with Crippen LogP contribution in [0, 0.1) is 0 Å². The highest BCUT2D eigenvalue weighted by molar-refractivity contribution is 6.60. The third kappa shape index (κ3) is 6.65. The molecular formula is C10H22O4Si. The number of hydrogen-bond acceptors (Lipinski definition) is 4. The monoisotopic (exact) mass is 234 g/mol. The van der Waals surface area contributed by atoms with E-state index < -0.39 is 8.80 Å². The summed E-state index contributed by atoms with van der Waals surface area (Å²) in [4.78, 5) is 11.4. The van der Waals surface area contributed by atoms with E-state index in [1.165, 1.54) is 14.2 Å². The number of hydrogen-bond donors (Lipinski definition) is 0. The van der Waals surface area contributed by atoms with Crippen LogP contribution in [0.15, 0.2) is 0 Å². The molecule has 4 nitrogen and oxygen atoms in total. The van der Waals surface area contributed by atoms with E-state index in [2.05, 4.69) is 6.92 Å². The summed E-state index contributed by atoms with van der Waals surface area (Å²) in [6.07, 6.45) is 4.73. The molecule has 5 heteroatoms. The second kappa shape index (κ2) is 7.84. The predicted octanol–water partition coefficient (Wildman–Crippen LogP) is 2.36. The largest absolute Gasteiger partial charge is 0.564 e. The average molecular weight is 234 g/mol. The van der Waals surface area contributed by atoms with Crippen LogP contribution in [0.2, 0.25) is 6.55 Å². The molecule has 0 aliphatic heterocycles. The van der Waals surface area contributed by atoms with E-state index in [-0.39, 0.29) is 5.97 Å². The van der Waals surface area contributed by atoms with E-state index in [4.69, 9.17) is 13.3 Å². The van der Waals surface area contributed by atoms with Crippen molar-refractivity contribution in [1.29, 1.82) is 0 Å². The van der Waals surface area contributed by atoms with Crippen molar-refractivity contribution in [2.24, 2.45) is 0 Å². The van der Waals surface area contributed by atoms with Gasteiger partial charge in [0.1, 0.15) is 0 Å². The lowest BCUT2D eigenvalue weighted by molar-refractivity contribution is -0.138. The van der Waals surface area contributed by atoms with E-state index in [9.17, 15) is 4.79 Å². The molecule has 15 heavy (non-hydrogen) atoms. The molecule has 0 saturated carbocycles. The average Bonchev–Trinajstić information content (AvgIpc) is 2.24. The van der Waals surface area contributed by atoms with Crippen LogP contribution in [-0.4, -0.2) is 29.0 Å². The molecule has 0 aromatic carbocycles. The van der Waals surface area contributed by atoms with E-state index in [1.807, 2.05) is 0 Å². The first-order chi connectivity index (χ1) is 7.08. The summed E-state index contributed by atoms with van der Waals surface area (Å²) < 4.78 is 15.3. The van der Waals surface area contributed by atoms with Crippen molar-refractivity contribution in [2.75, 3.05) is 14.2 Å². The minimum absolute atomic E-state index is 0.219. The molecule has 0 unspecified atom stereocenters. The van der Waals surface area contributed by atoms with Crippen LogP contribution in [0.5, 0.6) is 0 Å². The minimum atomic E-state index is -2.68. The number of carbonyl (C=O) groups is 1. The number of unbranched alkanes of at least 4 members (excludes halogenated alkanes) is 3. The highest BCUT2D eigenvalue weighted by atomic mass is 28.4. The Morgan fingerprint density at radius 3 is 2.20 bits per heavy atom. The molecule has 0 spiro atoms. The molecule has 0 amide bonds. The minimum Gasteiger partial charge on any atom is -0.473 e. The summed E-state index contributed by atoms with van der Waals surface area (Å²) in [6.45, 7) is 3.84. The molecule has 90 valence electrons. The highest BCUT2D eigenvalue weighted by Gasteiger charge is 2.36. The van der Waals surface area contributed by atoms with Gasteiger partial charge in [-0.1, -0.05) is 26.2 Å². The lowest BCUT2D eigenvalue weighted by atomic mass is 10.2. The maximum atomic E-state index is 11.4. The highest BCUT2D eigenvalue weighted by Crippen LogP contribution is 2.10. The second-order valence-corrected chi connectivity index (χ2v) is 6.30. The Morgan fingerprint density at radius 2 is 1.73 bits per heavy atom. The van der Waals surface area contributed by atoms with Gasteiger partial charge in [0.05, 0.1) is 0 Å². The predicted molar refractivity (Wildman–Crippen MR) is 60.5 cm³/mol. The Kier molecular flexibility index (Phi) is 7.64. The van der Waals surface area contributed by atoms with Crippen LogP contribution in [-0.2, 0) is 18.1 Å². The molecular weight excluding hydrogens is 212 g/mol. The van der Waals surface area contributed by atoms with Crippen molar-refractivity contribution in [3.63, 3.8) is 0 Å². The van der Waals surface area contributed by atoms with Crippen molar-refractivity contribution >= 4 is 14.8 Å². The Balaban J connectivity index is 3.72. The number of rotatable bonds is 8. The number of carbonyl (C=O) groups excluding carboxylic acids is 1. The molecule has 0 saturated heterocycles. The van der Waals surface area contributed by atoms with Crippen LogP contribution in [0.1, 0.15) is 39.0 Å². The van der Waals surface area contributed by atoms with Gasteiger partial charge in [-0.15, -0.1) is 0 Å². The Morgan fingerprint density at radius 1 is 1.13 bits per heavy atom. The lowest BCUT2D eigenvalue weighted by Gasteiger charge is -2.21. The van der Waals surface area contributed by atoms with Crippen LogP contribution < -0.4 is 0 Å². The quantitative estimate of drug-likeness (QED) is 0.478. The smallest absolute Gasteiger partial charge is 0.473 e. The van der Waals surface area contributed by atoms with Crippen LogP contribution in [0.4, 0.5) is 0 Å². The molecule has 0 N–H and O–H groups in total. The topological polar surface area (TPSA) is 44.8 Å². The molecule has 0 aromatic heterocycles. The molecule has 0 bridgehead atoms. The van der Waals surface area contributed by atoms with Crippen LogP contribution in [0.25, 0.3) is 0 Å². The van der Waals surface area contributed by atoms with Crippen LogP contribution >= 0.6 is 0 Å². The van der Waals surface area contributed by atoms with Crippen molar-refractivity contribution < 1.29 is 18.1 Å². The summed E-state index contributed by atoms with van der Waals surface area (Å²) in [5.74, 6) is -0.219. The summed E-state index contributed by atoms with van der Waals surface area (Å²) in [7, 11) is 0.322. The maximum absolute atomic E-state index is 11.4. The normalized spacial score (nSPS) is 11.5. The summed E-state index contributed by atoms with van der Waals surface area (Å²) >= 11 is 0. The Hall–Kier alpha value is -0.393. The lowest BCUT2D eigenvalue weighted by Crippen LogP contribution is -2.42. The van der Waals surface area contributed by atoms with Gasteiger partial charge in [0.2, 0.25) is 0 Å². The van der Waals surface area contributed by atoms with E-state index in [0.29, 0.717) is 6.42 Å². The molecule has 0 heterocycles. The van der Waals surface area contributed by atoms with Crippen molar-refractivity contribution in [1.82, 2.24) is 0 Å². The van der Waals surface area contributed by atoms with E-state index >= 15 is 0 Å². The fourth-order valence-corrected chi connectivity index (χ4v) is 1.97. The fourth-order valence-electron chi connectivity index (χ4n) is 1.12. The molecule has 0 atom stereocenters. The van der Waals surface area contributed by atoms with Crippen molar-refractivity contribution in [2.45, 2.75) is 45.6 Å². The van der Waals surface area contributed by atoms with Crippen LogP contribution in [0.3, 0.4) is 0 Å².